The highest BCUT2D eigenvalue weighted by molar-refractivity contribution is 6.31. The zero-order valence-electron chi connectivity index (χ0n) is 22.1. The molecule has 0 radical (unpaired) electrons. The lowest BCUT2D eigenvalue weighted by Crippen LogP contribution is -2.35. The van der Waals surface area contributed by atoms with Crippen molar-refractivity contribution >= 4 is 40.5 Å². The van der Waals surface area contributed by atoms with Gasteiger partial charge in [0.2, 0.25) is 11.8 Å². The molecular weight excluding hydrogens is 520 g/mol. The van der Waals surface area contributed by atoms with Crippen molar-refractivity contribution in [1.82, 2.24) is 15.0 Å². The maximum atomic E-state index is 13.7. The zero-order valence-corrected chi connectivity index (χ0v) is 22.8. The summed E-state index contributed by atoms with van der Waals surface area (Å²) in [5.41, 5.74) is 8.23. The van der Waals surface area contributed by atoms with Crippen LogP contribution in [0.3, 0.4) is 0 Å². The minimum absolute atomic E-state index is 0.0270. The molecule has 1 amide bonds. The molecule has 3 N–H and O–H groups in total. The van der Waals surface area contributed by atoms with Crippen molar-refractivity contribution < 1.29 is 9.53 Å². The van der Waals surface area contributed by atoms with E-state index in [1.807, 2.05) is 13.8 Å². The Morgan fingerprint density at radius 2 is 1.97 bits per heavy atom. The van der Waals surface area contributed by atoms with E-state index in [0.717, 1.165) is 0 Å². The van der Waals surface area contributed by atoms with Crippen LogP contribution in [0.15, 0.2) is 63.8 Å². The van der Waals surface area contributed by atoms with E-state index in [1.165, 1.54) is 30.5 Å². The van der Waals surface area contributed by atoms with Gasteiger partial charge in [0.15, 0.2) is 0 Å². The number of hydrogen-bond acceptors (Lipinski definition) is 9. The molecule has 0 saturated heterocycles. The Balaban J connectivity index is 1.97. The van der Waals surface area contributed by atoms with Gasteiger partial charge in [-0.25, -0.2) is 9.98 Å². The summed E-state index contributed by atoms with van der Waals surface area (Å²) in [6.07, 6.45) is 2.88. The molecule has 0 spiro atoms. The van der Waals surface area contributed by atoms with E-state index in [-0.39, 0.29) is 28.2 Å². The number of carbonyl (C=O) groups excluding carboxylic acids is 1. The molecule has 3 heterocycles. The highest BCUT2D eigenvalue weighted by Crippen LogP contribution is 2.42. The molecule has 0 saturated carbocycles. The van der Waals surface area contributed by atoms with Gasteiger partial charge < -0.3 is 20.4 Å². The fourth-order valence-electron chi connectivity index (χ4n) is 4.27. The largest absolute Gasteiger partial charge is 0.479 e. The van der Waals surface area contributed by atoms with Crippen LogP contribution < -0.4 is 25.8 Å². The molecule has 1 aliphatic heterocycles. The normalized spacial score (nSPS) is 15.6. The van der Waals surface area contributed by atoms with Crippen LogP contribution in [0.1, 0.15) is 31.0 Å². The van der Waals surface area contributed by atoms with Crippen molar-refractivity contribution in [2.75, 3.05) is 31.0 Å². The number of ether oxygens (including phenoxy) is 1. The van der Waals surface area contributed by atoms with Gasteiger partial charge in [0.25, 0.3) is 11.5 Å². The highest BCUT2D eigenvalue weighted by Gasteiger charge is 2.43. The number of halogens is 1. The number of benzene rings is 1. The number of amides is 1. The smallest absolute Gasteiger partial charge is 0.275 e. The fourth-order valence-corrected chi connectivity index (χ4v) is 4.43. The van der Waals surface area contributed by atoms with E-state index < -0.39 is 17.5 Å². The Hall–Kier alpha value is -4.69. The van der Waals surface area contributed by atoms with Crippen LogP contribution >= 0.6 is 11.6 Å². The van der Waals surface area contributed by atoms with Crippen LogP contribution in [0.5, 0.6) is 5.88 Å². The third kappa shape index (κ3) is 5.19. The van der Waals surface area contributed by atoms with Crippen molar-refractivity contribution in [3.8, 4) is 11.9 Å². The molecule has 2 aromatic heterocycles. The summed E-state index contributed by atoms with van der Waals surface area (Å²) in [6, 6.07) is 9.37. The number of aromatic nitrogens is 3. The number of nitriles is 1. The van der Waals surface area contributed by atoms with Crippen LogP contribution in [-0.2, 0) is 4.79 Å². The molecule has 0 fully saturated rings. The van der Waals surface area contributed by atoms with Crippen molar-refractivity contribution in [3.63, 3.8) is 0 Å². The van der Waals surface area contributed by atoms with Crippen molar-refractivity contribution in [2.45, 2.75) is 19.9 Å². The summed E-state index contributed by atoms with van der Waals surface area (Å²) < 4.78 is 5.48. The minimum atomic E-state index is -0.834. The maximum absolute atomic E-state index is 13.7. The number of aromatic amines is 1. The second-order valence-corrected chi connectivity index (χ2v) is 9.72. The van der Waals surface area contributed by atoms with E-state index in [9.17, 15) is 14.9 Å². The standard InChI is InChI=1S/C27H27ClN8O3/c1-14(2)22(33-18-13-32-27(35(3)4)34-25(18)39-5)20-21(30)26(38)36(19-10-17(28)12-31-24(19)37)23(20)16-8-6-15(11-29)7-9-16/h6-10,12-14,23H,30H2,1-5H3,(H,31,37)/t23-/m1/s1. The zero-order chi connectivity index (χ0) is 28.4. The van der Waals surface area contributed by atoms with Crippen LogP contribution in [0, 0.1) is 17.2 Å². The van der Waals surface area contributed by atoms with Crippen LogP contribution in [0.25, 0.3) is 0 Å². The van der Waals surface area contributed by atoms with Crippen molar-refractivity contribution in [3.05, 3.63) is 80.5 Å². The third-order valence-corrected chi connectivity index (χ3v) is 6.33. The summed E-state index contributed by atoms with van der Waals surface area (Å²) in [5, 5.41) is 9.54. The summed E-state index contributed by atoms with van der Waals surface area (Å²) in [6.45, 7) is 3.83. The van der Waals surface area contributed by atoms with Crippen molar-refractivity contribution in [2.24, 2.45) is 16.6 Å². The number of nitrogens with two attached hydrogens (primary N) is 1. The molecule has 1 aliphatic rings. The van der Waals surface area contributed by atoms with Crippen LogP contribution in [0.2, 0.25) is 5.02 Å². The maximum Gasteiger partial charge on any atom is 0.275 e. The molecule has 39 heavy (non-hydrogen) atoms. The lowest BCUT2D eigenvalue weighted by Gasteiger charge is -2.28. The Labute approximate surface area is 230 Å². The Kier molecular flexibility index (Phi) is 7.69. The van der Waals surface area contributed by atoms with E-state index >= 15 is 0 Å². The number of rotatable bonds is 7. The van der Waals surface area contributed by atoms with Gasteiger partial charge in [0.05, 0.1) is 41.7 Å². The Morgan fingerprint density at radius 3 is 2.56 bits per heavy atom. The number of nitrogens with zero attached hydrogens (tertiary/aromatic N) is 6. The van der Waals surface area contributed by atoms with E-state index in [4.69, 9.17) is 27.1 Å². The third-order valence-electron chi connectivity index (χ3n) is 6.11. The number of hydrogen-bond donors (Lipinski definition) is 2. The average Bonchev–Trinajstić information content (AvgIpc) is 3.18. The van der Waals surface area contributed by atoms with E-state index in [2.05, 4.69) is 21.0 Å². The van der Waals surface area contributed by atoms with Gasteiger partial charge in [0, 0.05) is 25.9 Å². The predicted octanol–water partition coefficient (Wildman–Crippen LogP) is 3.49. The lowest BCUT2D eigenvalue weighted by atomic mass is 9.89. The Morgan fingerprint density at radius 1 is 1.28 bits per heavy atom. The first-order valence-corrected chi connectivity index (χ1v) is 12.3. The number of aliphatic imine (C=N–C) groups is 1. The molecule has 4 rings (SSSR count). The number of H-pyrrole nitrogens is 1. The summed E-state index contributed by atoms with van der Waals surface area (Å²) in [5.74, 6) is -0.114. The van der Waals surface area contributed by atoms with Gasteiger partial charge >= 0.3 is 0 Å². The molecular formula is C27H27ClN8O3. The first-order chi connectivity index (χ1) is 18.6. The topological polar surface area (TPSA) is 154 Å². The molecule has 0 unspecified atom stereocenters. The summed E-state index contributed by atoms with van der Waals surface area (Å²) >= 11 is 6.19. The summed E-state index contributed by atoms with van der Waals surface area (Å²) in [4.78, 5) is 45.8. The number of nitrogens with one attached hydrogen (secondary N) is 1. The second-order valence-electron chi connectivity index (χ2n) is 9.28. The van der Waals surface area contributed by atoms with Crippen LogP contribution in [-0.4, -0.2) is 47.8 Å². The molecule has 3 aromatic rings. The minimum Gasteiger partial charge on any atom is -0.479 e. The first kappa shape index (κ1) is 27.3. The first-order valence-electron chi connectivity index (χ1n) is 12.0. The SMILES string of the molecule is COc1nc(N(C)C)ncc1N=C(C1=C(N)C(=O)N(c2cc(Cl)c[nH]c2=O)[C@@H]1c1ccc(C#N)cc1)C(C)C. The number of methoxy groups -OCH3 is 1. The van der Waals surface area contributed by atoms with Gasteiger partial charge in [-0.1, -0.05) is 37.6 Å². The predicted molar refractivity (Wildman–Crippen MR) is 150 cm³/mol. The average molecular weight is 547 g/mol. The van der Waals surface area contributed by atoms with E-state index in [0.29, 0.717) is 34.0 Å². The quantitative estimate of drug-likeness (QED) is 0.427. The molecule has 12 heteroatoms. The Bertz CT molecular complexity index is 1590. The molecule has 1 atom stereocenters. The molecule has 11 nitrogen and oxygen atoms in total. The van der Waals surface area contributed by atoms with Crippen LogP contribution in [0.4, 0.5) is 17.3 Å². The molecule has 0 aliphatic carbocycles. The fraction of sp³-hybridized carbons (Fsp3) is 0.259. The lowest BCUT2D eigenvalue weighted by molar-refractivity contribution is -0.114. The number of anilines is 2. The second kappa shape index (κ2) is 11.0. The number of pyridine rings is 1. The van der Waals surface area contributed by atoms with Gasteiger partial charge in [0.1, 0.15) is 17.1 Å². The molecule has 0 bridgehead atoms. The monoisotopic (exact) mass is 546 g/mol. The molecule has 200 valence electrons. The van der Waals surface area contributed by atoms with Gasteiger partial charge in [-0.15, -0.1) is 0 Å². The summed E-state index contributed by atoms with van der Waals surface area (Å²) in [7, 11) is 5.09. The van der Waals surface area contributed by atoms with Gasteiger partial charge in [-0.05, 0) is 29.7 Å². The number of carbonyl (C=O) groups is 1. The van der Waals surface area contributed by atoms with Gasteiger partial charge in [-0.3, -0.25) is 14.5 Å². The molecule has 1 aromatic carbocycles. The highest BCUT2D eigenvalue weighted by atomic mass is 35.5. The van der Waals surface area contributed by atoms with Gasteiger partial charge in [-0.2, -0.15) is 10.2 Å². The van der Waals surface area contributed by atoms with Crippen molar-refractivity contribution in [1.29, 1.82) is 5.26 Å². The van der Waals surface area contributed by atoms with E-state index in [1.54, 1.807) is 43.3 Å².